The van der Waals surface area contributed by atoms with Crippen molar-refractivity contribution in [1.29, 1.82) is 5.26 Å². The molecule has 2 saturated heterocycles. The molecule has 166 valence electrons. The number of fused-ring (bicyclic) bond motifs is 1. The zero-order valence-corrected chi connectivity index (χ0v) is 18.5. The number of aromatic nitrogens is 1. The lowest BCUT2D eigenvalue weighted by molar-refractivity contribution is -0.154. The molecule has 0 atom stereocenters. The minimum Gasteiger partial charge on any atom is -0.378 e. The lowest BCUT2D eigenvalue weighted by Gasteiger charge is -2.37. The summed E-state index contributed by atoms with van der Waals surface area (Å²) in [5.74, 6) is 0.164. The standard InChI is InChI=1S/C23H31N5O3/c1-16(2)20-18-6-4-3-5-17(18)19(15-24)21(25-20)26-7-9-27(10-8-26)22(29)23(30)28-11-13-31-14-12-28/h16H,3-14H2,1-2H3. The summed E-state index contributed by atoms with van der Waals surface area (Å²) in [5.41, 5.74) is 4.24. The van der Waals surface area contributed by atoms with Gasteiger partial charge >= 0.3 is 11.8 Å². The first kappa shape index (κ1) is 21.6. The first-order chi connectivity index (χ1) is 15.0. The number of piperazine rings is 1. The van der Waals surface area contributed by atoms with E-state index in [-0.39, 0.29) is 0 Å². The molecule has 1 aliphatic carbocycles. The Morgan fingerprint density at radius 1 is 0.935 bits per heavy atom. The van der Waals surface area contributed by atoms with Crippen LogP contribution in [0.3, 0.4) is 0 Å². The van der Waals surface area contributed by atoms with Gasteiger partial charge in [-0.05, 0) is 42.7 Å². The maximum Gasteiger partial charge on any atom is 0.312 e. The van der Waals surface area contributed by atoms with Crippen molar-refractivity contribution in [1.82, 2.24) is 14.8 Å². The number of carbonyl (C=O) groups is 2. The predicted molar refractivity (Wildman–Crippen MR) is 116 cm³/mol. The number of pyridine rings is 1. The topological polar surface area (TPSA) is 89.8 Å². The van der Waals surface area contributed by atoms with Crippen molar-refractivity contribution in [2.24, 2.45) is 0 Å². The summed E-state index contributed by atoms with van der Waals surface area (Å²) in [6.07, 6.45) is 4.18. The van der Waals surface area contributed by atoms with Gasteiger partial charge in [0.05, 0.1) is 18.8 Å². The number of ether oxygens (including phenoxy) is 1. The third kappa shape index (κ3) is 4.24. The second kappa shape index (κ2) is 9.23. The molecule has 0 radical (unpaired) electrons. The van der Waals surface area contributed by atoms with Gasteiger partial charge in [-0.1, -0.05) is 13.8 Å². The number of nitrogens with zero attached hydrogens (tertiary/aromatic N) is 5. The summed E-state index contributed by atoms with van der Waals surface area (Å²) in [7, 11) is 0. The summed E-state index contributed by atoms with van der Waals surface area (Å²) in [5, 5.41) is 9.95. The van der Waals surface area contributed by atoms with E-state index in [0.717, 1.165) is 37.2 Å². The van der Waals surface area contributed by atoms with Gasteiger partial charge in [0.1, 0.15) is 11.9 Å². The molecule has 31 heavy (non-hydrogen) atoms. The molecule has 2 fully saturated rings. The second-order valence-electron chi connectivity index (χ2n) is 8.81. The first-order valence-electron chi connectivity index (χ1n) is 11.4. The molecular weight excluding hydrogens is 394 g/mol. The highest BCUT2D eigenvalue weighted by Crippen LogP contribution is 2.35. The van der Waals surface area contributed by atoms with Crippen molar-refractivity contribution in [3.63, 3.8) is 0 Å². The number of amides is 2. The maximum atomic E-state index is 12.7. The van der Waals surface area contributed by atoms with Crippen molar-refractivity contribution in [3.8, 4) is 6.07 Å². The highest BCUT2D eigenvalue weighted by molar-refractivity contribution is 6.34. The largest absolute Gasteiger partial charge is 0.378 e. The van der Waals surface area contributed by atoms with Gasteiger partial charge in [0, 0.05) is 45.0 Å². The fourth-order valence-corrected chi connectivity index (χ4v) is 4.82. The number of rotatable bonds is 2. The van der Waals surface area contributed by atoms with Crippen LogP contribution in [0.4, 0.5) is 5.82 Å². The molecule has 2 aliphatic heterocycles. The van der Waals surface area contributed by atoms with E-state index in [0.29, 0.717) is 64.0 Å². The number of hydrogen-bond acceptors (Lipinski definition) is 6. The molecule has 1 aromatic rings. The molecule has 2 amide bonds. The van der Waals surface area contributed by atoms with E-state index in [1.54, 1.807) is 9.80 Å². The molecule has 0 unspecified atom stereocenters. The molecular formula is C23H31N5O3. The number of nitriles is 1. The molecule has 0 saturated carbocycles. The normalized spacial score (nSPS) is 19.2. The zero-order chi connectivity index (χ0) is 22.0. The van der Waals surface area contributed by atoms with Crippen LogP contribution in [0.2, 0.25) is 0 Å². The van der Waals surface area contributed by atoms with Gasteiger partial charge in [0.15, 0.2) is 0 Å². The minimum atomic E-state index is -0.441. The smallest absolute Gasteiger partial charge is 0.312 e. The fraction of sp³-hybridized carbons (Fsp3) is 0.652. The Bertz CT molecular complexity index is 893. The zero-order valence-electron chi connectivity index (χ0n) is 18.5. The van der Waals surface area contributed by atoms with Crippen LogP contribution in [-0.2, 0) is 27.2 Å². The highest BCUT2D eigenvalue weighted by Gasteiger charge is 2.32. The van der Waals surface area contributed by atoms with Crippen LogP contribution in [0.25, 0.3) is 0 Å². The van der Waals surface area contributed by atoms with Gasteiger partial charge in [-0.15, -0.1) is 0 Å². The average molecular weight is 426 g/mol. The van der Waals surface area contributed by atoms with Crippen molar-refractivity contribution in [2.75, 3.05) is 57.4 Å². The van der Waals surface area contributed by atoms with E-state index < -0.39 is 11.8 Å². The van der Waals surface area contributed by atoms with Crippen molar-refractivity contribution < 1.29 is 14.3 Å². The molecule has 0 bridgehead atoms. The maximum absolute atomic E-state index is 12.7. The Balaban J connectivity index is 1.51. The van der Waals surface area contributed by atoms with E-state index in [1.165, 1.54) is 11.1 Å². The van der Waals surface area contributed by atoms with Gasteiger partial charge in [-0.25, -0.2) is 4.98 Å². The van der Waals surface area contributed by atoms with Gasteiger partial charge in [-0.3, -0.25) is 9.59 Å². The summed E-state index contributed by atoms with van der Waals surface area (Å²) in [6, 6.07) is 2.43. The van der Waals surface area contributed by atoms with Crippen LogP contribution >= 0.6 is 0 Å². The number of anilines is 1. The number of carbonyl (C=O) groups excluding carboxylic acids is 2. The quantitative estimate of drug-likeness (QED) is 0.667. The predicted octanol–water partition coefficient (Wildman–Crippen LogP) is 1.46. The molecule has 0 aromatic carbocycles. The monoisotopic (exact) mass is 425 g/mol. The van der Waals surface area contributed by atoms with Crippen LogP contribution in [-0.4, -0.2) is 79.1 Å². The Kier molecular flexibility index (Phi) is 6.42. The van der Waals surface area contributed by atoms with E-state index in [4.69, 9.17) is 9.72 Å². The molecule has 3 heterocycles. The Hall–Kier alpha value is -2.66. The van der Waals surface area contributed by atoms with Crippen molar-refractivity contribution in [3.05, 3.63) is 22.4 Å². The second-order valence-corrected chi connectivity index (χ2v) is 8.81. The van der Waals surface area contributed by atoms with Crippen LogP contribution < -0.4 is 4.90 Å². The molecule has 8 heteroatoms. The van der Waals surface area contributed by atoms with E-state index in [1.807, 2.05) is 0 Å². The molecule has 8 nitrogen and oxygen atoms in total. The van der Waals surface area contributed by atoms with Crippen molar-refractivity contribution >= 4 is 17.6 Å². The Labute approximate surface area is 183 Å². The van der Waals surface area contributed by atoms with Gasteiger partial charge in [-0.2, -0.15) is 5.26 Å². The lowest BCUT2D eigenvalue weighted by Crippen LogP contribution is -2.55. The number of hydrogen-bond donors (Lipinski definition) is 0. The van der Waals surface area contributed by atoms with E-state index in [2.05, 4.69) is 24.8 Å². The van der Waals surface area contributed by atoms with E-state index >= 15 is 0 Å². The SMILES string of the molecule is CC(C)c1nc(N2CCN(C(=O)C(=O)N3CCOCC3)CC2)c(C#N)c2c1CCCC2. The van der Waals surface area contributed by atoms with Gasteiger partial charge in [0.2, 0.25) is 0 Å². The lowest BCUT2D eigenvalue weighted by atomic mass is 9.85. The Morgan fingerprint density at radius 2 is 1.52 bits per heavy atom. The van der Waals surface area contributed by atoms with Crippen molar-refractivity contribution in [2.45, 2.75) is 45.4 Å². The molecule has 3 aliphatic rings. The average Bonchev–Trinajstić information content (AvgIpc) is 2.82. The molecule has 1 aromatic heterocycles. The van der Waals surface area contributed by atoms with E-state index in [9.17, 15) is 14.9 Å². The molecule has 0 spiro atoms. The van der Waals surface area contributed by atoms with Gasteiger partial charge < -0.3 is 19.4 Å². The van der Waals surface area contributed by atoms with Crippen LogP contribution in [0, 0.1) is 11.3 Å². The summed E-state index contributed by atoms with van der Waals surface area (Å²) >= 11 is 0. The fourth-order valence-electron chi connectivity index (χ4n) is 4.82. The van der Waals surface area contributed by atoms with Crippen LogP contribution in [0.15, 0.2) is 0 Å². The van der Waals surface area contributed by atoms with Crippen LogP contribution in [0.5, 0.6) is 0 Å². The summed E-state index contributed by atoms with van der Waals surface area (Å²) in [4.78, 5) is 35.5. The minimum absolute atomic E-state index is 0.298. The third-order valence-electron chi connectivity index (χ3n) is 6.54. The summed E-state index contributed by atoms with van der Waals surface area (Å²) < 4.78 is 5.27. The third-order valence-corrected chi connectivity index (χ3v) is 6.54. The molecule has 4 rings (SSSR count). The molecule has 0 N–H and O–H groups in total. The highest BCUT2D eigenvalue weighted by atomic mass is 16.5. The first-order valence-corrected chi connectivity index (χ1v) is 11.4. The van der Waals surface area contributed by atoms with Gasteiger partial charge in [0.25, 0.3) is 0 Å². The summed E-state index contributed by atoms with van der Waals surface area (Å²) in [6.45, 7) is 8.24. The Morgan fingerprint density at radius 3 is 2.10 bits per heavy atom. The van der Waals surface area contributed by atoms with Crippen LogP contribution in [0.1, 0.15) is 55.0 Å². The number of morpholine rings is 1.